The number of hydrogen-bond donors (Lipinski definition) is 1. The fourth-order valence-electron chi connectivity index (χ4n) is 0.876. The Morgan fingerprint density at radius 3 is 2.36 bits per heavy atom. The quantitative estimate of drug-likeness (QED) is 0.628. The van der Waals surface area contributed by atoms with E-state index in [0.29, 0.717) is 0 Å². The van der Waals surface area contributed by atoms with Crippen molar-refractivity contribution in [1.29, 1.82) is 0 Å². The predicted molar refractivity (Wildman–Crippen MR) is 52.8 cm³/mol. The molecule has 0 saturated carbocycles. The zero-order valence-electron chi connectivity index (χ0n) is 7.13. The van der Waals surface area contributed by atoms with Gasteiger partial charge in [0.2, 0.25) is 0 Å². The van der Waals surface area contributed by atoms with Gasteiger partial charge in [-0.05, 0) is 24.6 Å². The van der Waals surface area contributed by atoms with E-state index < -0.39 is 0 Å². The summed E-state index contributed by atoms with van der Waals surface area (Å²) in [5.41, 5.74) is 2.42. The molecule has 1 aromatic carbocycles. The summed E-state index contributed by atoms with van der Waals surface area (Å²) in [4.78, 5) is 3.12. The Balaban J connectivity index is 3.05. The second-order valence-electron chi connectivity index (χ2n) is 2.87. The molecule has 1 rings (SSSR count). The minimum absolute atomic E-state index is 1.05. The topological polar surface area (TPSA) is 3.24 Å². The van der Waals surface area contributed by atoms with Crippen molar-refractivity contribution in [3.8, 4) is 0 Å². The van der Waals surface area contributed by atoms with Crippen molar-refractivity contribution in [3.05, 3.63) is 23.8 Å². The van der Waals surface area contributed by atoms with Crippen LogP contribution in [-0.2, 0) is 0 Å². The summed E-state index contributed by atoms with van der Waals surface area (Å²) in [5, 5.41) is 0. The van der Waals surface area contributed by atoms with Crippen molar-refractivity contribution in [2.75, 3.05) is 19.0 Å². The lowest BCUT2D eigenvalue weighted by Gasteiger charge is -2.13. The maximum Gasteiger partial charge on any atom is 0.0372 e. The second kappa shape index (κ2) is 3.18. The molecule has 0 N–H and O–H groups in total. The van der Waals surface area contributed by atoms with Crippen LogP contribution in [0.15, 0.2) is 23.1 Å². The third-order valence-electron chi connectivity index (χ3n) is 1.71. The second-order valence-corrected chi connectivity index (χ2v) is 3.35. The van der Waals surface area contributed by atoms with Crippen molar-refractivity contribution >= 4 is 18.3 Å². The van der Waals surface area contributed by atoms with Crippen LogP contribution in [-0.4, -0.2) is 14.1 Å². The molecule has 0 spiro atoms. The summed E-state index contributed by atoms with van der Waals surface area (Å²) in [7, 11) is 4.05. The molecule has 0 radical (unpaired) electrons. The Morgan fingerprint density at radius 1 is 1.27 bits per heavy atom. The fraction of sp³-hybridized carbons (Fsp3) is 0.333. The average molecular weight is 167 g/mol. The van der Waals surface area contributed by atoms with E-state index in [1.54, 1.807) is 0 Å². The third kappa shape index (κ3) is 1.90. The molecule has 0 aromatic heterocycles. The normalized spacial score (nSPS) is 9.82. The van der Waals surface area contributed by atoms with Crippen LogP contribution in [0.5, 0.6) is 0 Å². The highest BCUT2D eigenvalue weighted by molar-refractivity contribution is 7.80. The van der Waals surface area contributed by atoms with Crippen molar-refractivity contribution in [2.45, 2.75) is 11.8 Å². The Hall–Kier alpha value is -0.630. The number of nitrogens with zero attached hydrogens (tertiary/aromatic N) is 1. The van der Waals surface area contributed by atoms with Crippen LogP contribution in [0.25, 0.3) is 0 Å². The molecular formula is C9H13NS. The monoisotopic (exact) mass is 167 g/mol. The molecule has 11 heavy (non-hydrogen) atoms. The van der Waals surface area contributed by atoms with E-state index in [9.17, 15) is 0 Å². The largest absolute Gasteiger partial charge is 0.378 e. The van der Waals surface area contributed by atoms with Gasteiger partial charge in [0.25, 0.3) is 0 Å². The van der Waals surface area contributed by atoms with Gasteiger partial charge in [-0.15, -0.1) is 12.6 Å². The standard InChI is InChI=1S/C9H13NS/c1-7-4-5-8(10(2)3)6-9(7)11/h4-6,11H,1-3H3. The lowest BCUT2D eigenvalue weighted by molar-refractivity contribution is 1.11. The minimum atomic E-state index is 1.05. The van der Waals surface area contributed by atoms with Crippen LogP contribution in [0.4, 0.5) is 5.69 Å². The van der Waals surface area contributed by atoms with Crippen LogP contribution in [0, 0.1) is 6.92 Å². The van der Waals surface area contributed by atoms with Gasteiger partial charge in [0.15, 0.2) is 0 Å². The van der Waals surface area contributed by atoms with E-state index in [2.05, 4.69) is 42.7 Å². The van der Waals surface area contributed by atoms with Crippen molar-refractivity contribution < 1.29 is 0 Å². The van der Waals surface area contributed by atoms with Crippen molar-refractivity contribution in [3.63, 3.8) is 0 Å². The number of rotatable bonds is 1. The first-order valence-electron chi connectivity index (χ1n) is 3.58. The molecular weight excluding hydrogens is 154 g/mol. The molecule has 0 fully saturated rings. The van der Waals surface area contributed by atoms with E-state index in [4.69, 9.17) is 0 Å². The van der Waals surface area contributed by atoms with E-state index in [1.165, 1.54) is 11.3 Å². The fourth-order valence-corrected chi connectivity index (χ4v) is 1.08. The van der Waals surface area contributed by atoms with Gasteiger partial charge in [-0.1, -0.05) is 6.07 Å². The molecule has 0 aliphatic heterocycles. The van der Waals surface area contributed by atoms with Crippen LogP contribution in [0.2, 0.25) is 0 Å². The van der Waals surface area contributed by atoms with E-state index in [1.807, 2.05) is 14.1 Å². The molecule has 0 atom stereocenters. The number of thiol groups is 1. The number of benzene rings is 1. The van der Waals surface area contributed by atoms with Crippen LogP contribution in [0.1, 0.15) is 5.56 Å². The maximum absolute atomic E-state index is 4.34. The average Bonchev–Trinajstić information content (AvgIpc) is 1.94. The van der Waals surface area contributed by atoms with Crippen LogP contribution >= 0.6 is 12.6 Å². The van der Waals surface area contributed by atoms with Gasteiger partial charge in [-0.2, -0.15) is 0 Å². The maximum atomic E-state index is 4.34. The minimum Gasteiger partial charge on any atom is -0.378 e. The van der Waals surface area contributed by atoms with Crippen molar-refractivity contribution in [2.24, 2.45) is 0 Å². The highest BCUT2D eigenvalue weighted by Crippen LogP contribution is 2.19. The summed E-state index contributed by atoms with van der Waals surface area (Å²) in [6.45, 7) is 2.06. The predicted octanol–water partition coefficient (Wildman–Crippen LogP) is 2.35. The van der Waals surface area contributed by atoms with Gasteiger partial charge in [0.05, 0.1) is 0 Å². The van der Waals surface area contributed by atoms with Gasteiger partial charge in [0.1, 0.15) is 0 Å². The van der Waals surface area contributed by atoms with Gasteiger partial charge in [-0.3, -0.25) is 0 Å². The summed E-state index contributed by atoms with van der Waals surface area (Å²) in [5.74, 6) is 0. The highest BCUT2D eigenvalue weighted by atomic mass is 32.1. The Morgan fingerprint density at radius 2 is 1.91 bits per heavy atom. The van der Waals surface area contributed by atoms with Crippen LogP contribution < -0.4 is 4.90 Å². The molecule has 0 saturated heterocycles. The molecule has 1 aromatic rings. The van der Waals surface area contributed by atoms with E-state index >= 15 is 0 Å². The lowest BCUT2D eigenvalue weighted by Crippen LogP contribution is -2.08. The number of anilines is 1. The number of hydrogen-bond acceptors (Lipinski definition) is 2. The molecule has 1 nitrogen and oxygen atoms in total. The zero-order valence-corrected chi connectivity index (χ0v) is 8.02. The van der Waals surface area contributed by atoms with Gasteiger partial charge < -0.3 is 4.90 Å². The smallest absolute Gasteiger partial charge is 0.0372 e. The van der Waals surface area contributed by atoms with Crippen molar-refractivity contribution in [1.82, 2.24) is 0 Å². The molecule has 0 aliphatic carbocycles. The Bertz CT molecular complexity index is 256. The molecule has 2 heteroatoms. The third-order valence-corrected chi connectivity index (χ3v) is 2.19. The zero-order chi connectivity index (χ0) is 8.43. The first-order valence-corrected chi connectivity index (χ1v) is 4.03. The molecule has 0 heterocycles. The SMILES string of the molecule is Cc1ccc(N(C)C)cc1S. The summed E-state index contributed by atoms with van der Waals surface area (Å²) in [6.07, 6.45) is 0. The van der Waals surface area contributed by atoms with Gasteiger partial charge in [0, 0.05) is 24.7 Å². The van der Waals surface area contributed by atoms with E-state index in [-0.39, 0.29) is 0 Å². The molecule has 0 unspecified atom stereocenters. The van der Waals surface area contributed by atoms with Gasteiger partial charge >= 0.3 is 0 Å². The van der Waals surface area contributed by atoms with E-state index in [0.717, 1.165) is 4.90 Å². The lowest BCUT2D eigenvalue weighted by atomic mass is 10.2. The molecule has 0 aliphatic rings. The highest BCUT2D eigenvalue weighted by Gasteiger charge is 1.96. The summed E-state index contributed by atoms with van der Waals surface area (Å²) >= 11 is 4.34. The number of aryl methyl sites for hydroxylation is 1. The Labute approximate surface area is 73.4 Å². The molecule has 60 valence electrons. The van der Waals surface area contributed by atoms with Gasteiger partial charge in [-0.25, -0.2) is 0 Å². The molecule has 0 bridgehead atoms. The first-order chi connectivity index (χ1) is 5.11. The Kier molecular flexibility index (Phi) is 2.45. The summed E-state index contributed by atoms with van der Waals surface area (Å²) < 4.78 is 0. The van der Waals surface area contributed by atoms with Crippen LogP contribution in [0.3, 0.4) is 0 Å². The summed E-state index contributed by atoms with van der Waals surface area (Å²) in [6, 6.07) is 6.24. The molecule has 0 amide bonds. The first kappa shape index (κ1) is 8.47.